The van der Waals surface area contributed by atoms with Crippen molar-refractivity contribution in [2.75, 3.05) is 21.0 Å². The molecule has 0 spiro atoms. The van der Waals surface area contributed by atoms with Gasteiger partial charge in [-0.05, 0) is 46.0 Å². The summed E-state index contributed by atoms with van der Waals surface area (Å²) in [6.07, 6.45) is 7.04. The standard InChI is InChI=1S/C36H42NO2P/c1-5-6-21-36(2,40-34-20-14-13-19-31(34)26-37-3)33-25-30(22-28-15-9-7-10-16-28)24-32(35(33)39-27-38-4)23-29-17-11-8-12-18-29/h7-20,24-26,40H,5-6,21-23,27H2,1-4H3/b37-26+. The van der Waals surface area contributed by atoms with Crippen molar-refractivity contribution < 1.29 is 9.47 Å². The Morgan fingerprint density at radius 1 is 0.825 bits per heavy atom. The van der Waals surface area contributed by atoms with Gasteiger partial charge in [-0.25, -0.2) is 0 Å². The van der Waals surface area contributed by atoms with Gasteiger partial charge >= 0.3 is 0 Å². The summed E-state index contributed by atoms with van der Waals surface area (Å²) in [7, 11) is 4.10. The molecule has 4 aromatic rings. The molecule has 4 rings (SSSR count). The van der Waals surface area contributed by atoms with Crippen molar-refractivity contribution in [2.45, 2.75) is 51.1 Å². The summed E-state index contributed by atoms with van der Waals surface area (Å²) < 4.78 is 12.0. The van der Waals surface area contributed by atoms with Crippen LogP contribution in [0.25, 0.3) is 0 Å². The largest absolute Gasteiger partial charge is 0.467 e. The molecule has 0 bridgehead atoms. The maximum atomic E-state index is 6.49. The van der Waals surface area contributed by atoms with Crippen molar-refractivity contribution in [1.29, 1.82) is 0 Å². The number of rotatable bonds is 14. The fourth-order valence-corrected chi connectivity index (χ4v) is 6.98. The maximum absolute atomic E-state index is 6.49. The van der Waals surface area contributed by atoms with Gasteiger partial charge in [0.15, 0.2) is 6.79 Å². The topological polar surface area (TPSA) is 30.8 Å². The molecule has 208 valence electrons. The molecule has 0 amide bonds. The Morgan fingerprint density at radius 3 is 2.12 bits per heavy atom. The van der Waals surface area contributed by atoms with Crippen molar-refractivity contribution in [2.24, 2.45) is 4.99 Å². The second-order valence-corrected chi connectivity index (χ2v) is 12.4. The Morgan fingerprint density at radius 2 is 1.48 bits per heavy atom. The van der Waals surface area contributed by atoms with Crippen molar-refractivity contribution in [3.8, 4) is 5.75 Å². The van der Waals surface area contributed by atoms with Crippen LogP contribution in [-0.2, 0) is 22.7 Å². The minimum Gasteiger partial charge on any atom is -0.467 e. The van der Waals surface area contributed by atoms with E-state index in [0.717, 1.165) is 37.9 Å². The second kappa shape index (κ2) is 14.9. The first-order chi connectivity index (χ1) is 19.6. The lowest BCUT2D eigenvalue weighted by Crippen LogP contribution is -2.23. The van der Waals surface area contributed by atoms with E-state index in [4.69, 9.17) is 9.47 Å². The molecule has 0 aliphatic carbocycles. The Labute approximate surface area is 242 Å². The van der Waals surface area contributed by atoms with Gasteiger partial charge in [0.1, 0.15) is 5.75 Å². The van der Waals surface area contributed by atoms with Crippen LogP contribution in [0.3, 0.4) is 0 Å². The number of hydrogen-bond acceptors (Lipinski definition) is 3. The maximum Gasteiger partial charge on any atom is 0.188 e. The highest BCUT2D eigenvalue weighted by Crippen LogP contribution is 2.50. The van der Waals surface area contributed by atoms with Crippen LogP contribution in [0, 0.1) is 0 Å². The number of aliphatic imine (C=N–C) groups is 1. The number of ether oxygens (including phenoxy) is 2. The summed E-state index contributed by atoms with van der Waals surface area (Å²) in [5.41, 5.74) is 7.58. The van der Waals surface area contributed by atoms with Crippen molar-refractivity contribution in [3.05, 3.63) is 130 Å². The lowest BCUT2D eigenvalue weighted by molar-refractivity contribution is 0.0493. The number of hydrogen-bond donors (Lipinski definition) is 0. The summed E-state index contributed by atoms with van der Waals surface area (Å²) >= 11 is 0. The molecule has 0 N–H and O–H groups in total. The molecule has 3 nitrogen and oxygen atoms in total. The molecule has 4 heteroatoms. The third kappa shape index (κ3) is 7.90. The zero-order chi connectivity index (χ0) is 28.2. The first-order valence-corrected chi connectivity index (χ1v) is 15.2. The molecule has 0 heterocycles. The molecule has 0 radical (unpaired) electrons. The number of methoxy groups -OCH3 is 1. The molecule has 40 heavy (non-hydrogen) atoms. The van der Waals surface area contributed by atoms with E-state index in [9.17, 15) is 0 Å². The fourth-order valence-electron chi connectivity index (χ4n) is 5.29. The minimum atomic E-state index is -0.116. The lowest BCUT2D eigenvalue weighted by Gasteiger charge is -2.34. The molecule has 0 saturated carbocycles. The van der Waals surface area contributed by atoms with Crippen LogP contribution in [0.2, 0.25) is 0 Å². The molecular formula is C36H42NO2P. The van der Waals surface area contributed by atoms with Gasteiger partial charge in [0.05, 0.1) is 0 Å². The number of nitrogens with zero attached hydrogens (tertiary/aromatic N) is 1. The van der Waals surface area contributed by atoms with E-state index in [1.165, 1.54) is 38.7 Å². The molecule has 0 aliphatic rings. The molecule has 0 saturated heterocycles. The van der Waals surface area contributed by atoms with Gasteiger partial charge in [-0.15, -0.1) is 0 Å². The van der Waals surface area contributed by atoms with Crippen LogP contribution < -0.4 is 10.0 Å². The number of benzene rings is 4. The van der Waals surface area contributed by atoms with Gasteiger partial charge in [0, 0.05) is 37.5 Å². The quantitative estimate of drug-likeness (QED) is 0.0896. The van der Waals surface area contributed by atoms with Crippen molar-refractivity contribution >= 4 is 20.1 Å². The molecule has 0 fully saturated rings. The van der Waals surface area contributed by atoms with Crippen LogP contribution in [0.5, 0.6) is 5.75 Å². The van der Waals surface area contributed by atoms with E-state index in [2.05, 4.69) is 116 Å². The SMILES string of the molecule is CCCCC(C)(Pc1ccccc1/C=N/C)c1cc(Cc2ccccc2)cc(Cc2ccccc2)c1OCOC. The molecule has 2 unspecified atom stereocenters. The Balaban J connectivity index is 1.90. The van der Waals surface area contributed by atoms with Crippen LogP contribution in [0.1, 0.15) is 66.5 Å². The third-order valence-electron chi connectivity index (χ3n) is 7.30. The van der Waals surface area contributed by atoms with Gasteiger partial charge in [0.25, 0.3) is 0 Å². The smallest absolute Gasteiger partial charge is 0.188 e. The summed E-state index contributed by atoms with van der Waals surface area (Å²) in [4.78, 5) is 4.35. The summed E-state index contributed by atoms with van der Waals surface area (Å²) in [6, 6.07) is 34.9. The van der Waals surface area contributed by atoms with E-state index in [1.54, 1.807) is 7.11 Å². The van der Waals surface area contributed by atoms with Crippen molar-refractivity contribution in [3.63, 3.8) is 0 Å². The molecule has 0 aromatic heterocycles. The van der Waals surface area contributed by atoms with Crippen LogP contribution in [0.15, 0.2) is 102 Å². The number of unbranched alkanes of at least 4 members (excludes halogenated alkanes) is 1. The van der Waals surface area contributed by atoms with E-state index >= 15 is 0 Å². The van der Waals surface area contributed by atoms with Gasteiger partial charge < -0.3 is 9.47 Å². The average Bonchev–Trinajstić information content (AvgIpc) is 2.97. The third-order valence-corrected chi connectivity index (χ3v) is 9.10. The van der Waals surface area contributed by atoms with Gasteiger partial charge in [-0.2, -0.15) is 0 Å². The highest BCUT2D eigenvalue weighted by atomic mass is 31.1. The Kier molecular flexibility index (Phi) is 11.1. The summed E-state index contributed by atoms with van der Waals surface area (Å²) in [6.45, 7) is 4.92. The van der Waals surface area contributed by atoms with Crippen LogP contribution >= 0.6 is 8.58 Å². The predicted molar refractivity (Wildman–Crippen MR) is 172 cm³/mol. The summed E-state index contributed by atoms with van der Waals surface area (Å²) in [5, 5.41) is 1.22. The highest BCUT2D eigenvalue weighted by Gasteiger charge is 2.32. The van der Waals surface area contributed by atoms with E-state index in [0.29, 0.717) is 8.58 Å². The molecule has 0 aliphatic heterocycles. The first kappa shape index (κ1) is 29.7. The normalized spacial score (nSPS) is 13.2. The Bertz CT molecular complexity index is 1370. The summed E-state index contributed by atoms with van der Waals surface area (Å²) in [5.74, 6) is 0.968. The first-order valence-electron chi connectivity index (χ1n) is 14.2. The van der Waals surface area contributed by atoms with E-state index < -0.39 is 0 Å². The van der Waals surface area contributed by atoms with E-state index in [-0.39, 0.29) is 11.9 Å². The fraction of sp³-hybridized carbons (Fsp3) is 0.306. The predicted octanol–water partition coefficient (Wildman–Crippen LogP) is 8.31. The van der Waals surface area contributed by atoms with Gasteiger partial charge in [0.2, 0.25) is 0 Å². The Hall–Kier alpha value is -3.26. The monoisotopic (exact) mass is 551 g/mol. The van der Waals surface area contributed by atoms with Gasteiger partial charge in [-0.3, -0.25) is 4.99 Å². The van der Waals surface area contributed by atoms with Gasteiger partial charge in [-0.1, -0.05) is 132 Å². The highest BCUT2D eigenvalue weighted by molar-refractivity contribution is 7.48. The van der Waals surface area contributed by atoms with Crippen LogP contribution in [-0.4, -0.2) is 27.2 Å². The van der Waals surface area contributed by atoms with E-state index in [1.807, 2.05) is 13.3 Å². The average molecular weight is 552 g/mol. The zero-order valence-electron chi connectivity index (χ0n) is 24.3. The molecular weight excluding hydrogens is 509 g/mol. The zero-order valence-corrected chi connectivity index (χ0v) is 25.3. The molecule has 2 atom stereocenters. The molecule has 4 aromatic carbocycles. The lowest BCUT2D eigenvalue weighted by atomic mass is 9.87. The second-order valence-electron chi connectivity index (χ2n) is 10.5. The minimum absolute atomic E-state index is 0.116. The van der Waals surface area contributed by atoms with Crippen LogP contribution in [0.4, 0.5) is 0 Å². The van der Waals surface area contributed by atoms with Crippen molar-refractivity contribution in [1.82, 2.24) is 0 Å².